The standard InChI is InChI=1S/C80H156O17P2/c1-7-9-11-13-15-17-19-21-23-24-25-26-27-28-30-32-39-46-52-58-64-79(84)96-75(68-90-77(82)62-56-50-44-38-31-29-22-20-18-16-14-12-10-8-2)70-94-98(86,87)92-66-74(81)67-93-99(88,89)95-71-76(69-91-78(83)63-57-51-45-41-35-37-43-49-55-61-73(5)6)97-80(85)65-59-53-47-40-34-33-36-42-48-54-60-72(3)4/h72-76,81H,7-71H2,1-6H3,(H,86,87)(H,88,89)/t74-,75-,76-/m1/s1. The fourth-order valence-corrected chi connectivity index (χ4v) is 13.9. The number of esters is 4. The topological polar surface area (TPSA) is 237 Å². The summed E-state index contributed by atoms with van der Waals surface area (Å²) in [4.78, 5) is 73.0. The molecule has 3 N–H and O–H groups in total. The molecule has 0 spiro atoms. The van der Waals surface area contributed by atoms with E-state index in [9.17, 15) is 43.2 Å². The van der Waals surface area contributed by atoms with Gasteiger partial charge in [0.1, 0.15) is 19.3 Å². The van der Waals surface area contributed by atoms with Crippen molar-refractivity contribution >= 4 is 39.5 Å². The third-order valence-corrected chi connectivity index (χ3v) is 20.6. The first-order valence-electron chi connectivity index (χ1n) is 41.5. The Hall–Kier alpha value is -1.94. The first-order valence-corrected chi connectivity index (χ1v) is 44.5. The summed E-state index contributed by atoms with van der Waals surface area (Å²) in [7, 11) is -9.92. The van der Waals surface area contributed by atoms with Gasteiger partial charge in [-0.25, -0.2) is 9.13 Å². The van der Waals surface area contributed by atoms with E-state index in [1.165, 1.54) is 238 Å². The number of rotatable bonds is 79. The molecule has 0 bridgehead atoms. The zero-order valence-corrected chi connectivity index (χ0v) is 66.6. The Morgan fingerprint density at radius 2 is 0.465 bits per heavy atom. The van der Waals surface area contributed by atoms with E-state index < -0.39 is 97.5 Å². The van der Waals surface area contributed by atoms with Crippen molar-refractivity contribution in [3.05, 3.63) is 0 Å². The Bertz CT molecular complexity index is 1910. The minimum absolute atomic E-state index is 0.106. The number of hydrogen-bond donors (Lipinski definition) is 3. The zero-order valence-electron chi connectivity index (χ0n) is 64.8. The Kier molecular flexibility index (Phi) is 70.3. The predicted molar refractivity (Wildman–Crippen MR) is 405 cm³/mol. The highest BCUT2D eigenvalue weighted by atomic mass is 31.2. The van der Waals surface area contributed by atoms with Crippen LogP contribution in [-0.2, 0) is 65.4 Å². The Morgan fingerprint density at radius 3 is 0.687 bits per heavy atom. The SMILES string of the molecule is CCCCCCCCCCCCCCCCCCCCCCC(=O)O[C@H](COC(=O)CCCCCCCCCCCCCCCC)COP(=O)(O)OC[C@@H](O)COP(=O)(O)OC[C@@H](COC(=O)CCCCCCCCCCCC(C)C)OC(=O)CCCCCCCCCCCCC(C)C. The van der Waals surface area contributed by atoms with Gasteiger partial charge in [0.2, 0.25) is 0 Å². The molecule has 0 aromatic rings. The van der Waals surface area contributed by atoms with Crippen LogP contribution < -0.4 is 0 Å². The maximum Gasteiger partial charge on any atom is 0.472 e. The molecule has 0 aromatic heterocycles. The summed E-state index contributed by atoms with van der Waals surface area (Å²) in [5.41, 5.74) is 0. The summed E-state index contributed by atoms with van der Waals surface area (Å²) in [5, 5.41) is 10.6. The van der Waals surface area contributed by atoms with Crippen LogP contribution in [0.3, 0.4) is 0 Å². The molecule has 0 fully saturated rings. The van der Waals surface area contributed by atoms with Crippen molar-refractivity contribution in [2.45, 2.75) is 439 Å². The lowest BCUT2D eigenvalue weighted by Crippen LogP contribution is -2.30. The number of phosphoric acid groups is 2. The molecule has 588 valence electrons. The number of ether oxygens (including phenoxy) is 4. The molecule has 0 heterocycles. The third-order valence-electron chi connectivity index (χ3n) is 18.7. The Morgan fingerprint density at radius 1 is 0.273 bits per heavy atom. The molecule has 0 aliphatic rings. The number of hydrogen-bond acceptors (Lipinski definition) is 15. The van der Waals surface area contributed by atoms with E-state index >= 15 is 0 Å². The molecule has 19 heteroatoms. The monoisotopic (exact) mass is 1450 g/mol. The van der Waals surface area contributed by atoms with Crippen molar-refractivity contribution in [3.63, 3.8) is 0 Å². The van der Waals surface area contributed by atoms with Crippen molar-refractivity contribution in [3.8, 4) is 0 Å². The maximum absolute atomic E-state index is 13.1. The fraction of sp³-hybridized carbons (Fsp3) is 0.950. The second-order valence-corrected chi connectivity index (χ2v) is 32.7. The van der Waals surface area contributed by atoms with Crippen molar-refractivity contribution in [1.29, 1.82) is 0 Å². The van der Waals surface area contributed by atoms with Crippen LogP contribution in [0.25, 0.3) is 0 Å². The zero-order chi connectivity index (χ0) is 72.8. The van der Waals surface area contributed by atoms with Gasteiger partial charge in [-0.2, -0.15) is 0 Å². The van der Waals surface area contributed by atoms with Crippen LogP contribution >= 0.6 is 15.6 Å². The summed E-state index contributed by atoms with van der Waals surface area (Å²) in [6.45, 7) is 9.60. The van der Waals surface area contributed by atoms with Gasteiger partial charge in [0.05, 0.1) is 26.4 Å². The van der Waals surface area contributed by atoms with Crippen LogP contribution in [0.4, 0.5) is 0 Å². The molecule has 0 saturated carbocycles. The van der Waals surface area contributed by atoms with Crippen LogP contribution in [0.15, 0.2) is 0 Å². The molecule has 2 unspecified atom stereocenters. The number of carbonyl (C=O) groups excluding carboxylic acids is 4. The van der Waals surface area contributed by atoms with Crippen LogP contribution in [-0.4, -0.2) is 96.7 Å². The lowest BCUT2D eigenvalue weighted by atomic mass is 10.0. The summed E-state index contributed by atoms with van der Waals surface area (Å²) >= 11 is 0. The molecule has 99 heavy (non-hydrogen) atoms. The number of unbranched alkanes of at least 4 members (excludes halogenated alkanes) is 49. The van der Waals surface area contributed by atoms with Gasteiger partial charge in [-0.05, 0) is 37.5 Å². The van der Waals surface area contributed by atoms with E-state index in [-0.39, 0.29) is 25.7 Å². The minimum atomic E-state index is -4.96. The Balaban J connectivity index is 5.24. The Labute approximate surface area is 607 Å². The molecular formula is C80H156O17P2. The van der Waals surface area contributed by atoms with Gasteiger partial charge in [-0.1, -0.05) is 369 Å². The van der Waals surface area contributed by atoms with E-state index in [0.717, 1.165) is 102 Å². The van der Waals surface area contributed by atoms with Crippen molar-refractivity contribution < 1.29 is 80.2 Å². The van der Waals surface area contributed by atoms with E-state index in [4.69, 9.17) is 37.0 Å². The molecule has 17 nitrogen and oxygen atoms in total. The van der Waals surface area contributed by atoms with Gasteiger partial charge in [0.15, 0.2) is 12.2 Å². The second-order valence-electron chi connectivity index (χ2n) is 29.8. The first-order chi connectivity index (χ1) is 47.9. The number of aliphatic hydroxyl groups excluding tert-OH is 1. The largest absolute Gasteiger partial charge is 0.472 e. The maximum atomic E-state index is 13.1. The van der Waals surface area contributed by atoms with Crippen molar-refractivity contribution in [2.75, 3.05) is 39.6 Å². The molecule has 0 amide bonds. The van der Waals surface area contributed by atoms with Gasteiger partial charge in [0.25, 0.3) is 0 Å². The van der Waals surface area contributed by atoms with Crippen molar-refractivity contribution in [2.24, 2.45) is 11.8 Å². The average Bonchev–Trinajstić information content (AvgIpc) is 1.45. The van der Waals surface area contributed by atoms with Crippen LogP contribution in [0.5, 0.6) is 0 Å². The number of phosphoric ester groups is 2. The van der Waals surface area contributed by atoms with E-state index in [2.05, 4.69) is 41.5 Å². The molecule has 5 atom stereocenters. The quantitative estimate of drug-likeness (QED) is 0.0222. The van der Waals surface area contributed by atoms with Gasteiger partial charge >= 0.3 is 39.5 Å². The molecule has 0 saturated heterocycles. The summed E-state index contributed by atoms with van der Waals surface area (Å²) in [5.74, 6) is -0.614. The summed E-state index contributed by atoms with van der Waals surface area (Å²) < 4.78 is 68.7. The third kappa shape index (κ3) is 74.1. The van der Waals surface area contributed by atoms with Gasteiger partial charge < -0.3 is 33.8 Å². The van der Waals surface area contributed by atoms with Crippen LogP contribution in [0.2, 0.25) is 0 Å². The number of carbonyl (C=O) groups is 4. The average molecular weight is 1450 g/mol. The van der Waals surface area contributed by atoms with Crippen LogP contribution in [0, 0.1) is 11.8 Å². The molecule has 0 aliphatic carbocycles. The molecule has 0 rings (SSSR count). The number of aliphatic hydroxyl groups is 1. The highest BCUT2D eigenvalue weighted by Crippen LogP contribution is 2.45. The molecule has 0 aliphatic heterocycles. The highest BCUT2D eigenvalue weighted by Gasteiger charge is 2.30. The summed E-state index contributed by atoms with van der Waals surface area (Å²) in [6, 6.07) is 0. The molecule has 0 aromatic carbocycles. The van der Waals surface area contributed by atoms with E-state index in [1.54, 1.807) is 0 Å². The van der Waals surface area contributed by atoms with Gasteiger partial charge in [-0.15, -0.1) is 0 Å². The molecule has 0 radical (unpaired) electrons. The van der Waals surface area contributed by atoms with Crippen LogP contribution in [0.1, 0.15) is 420 Å². The van der Waals surface area contributed by atoms with Crippen molar-refractivity contribution in [1.82, 2.24) is 0 Å². The normalized spacial score (nSPS) is 13.9. The summed E-state index contributed by atoms with van der Waals surface area (Å²) in [6.07, 6.45) is 61.1. The van der Waals surface area contributed by atoms with Gasteiger partial charge in [0, 0.05) is 25.7 Å². The predicted octanol–water partition coefficient (Wildman–Crippen LogP) is 23.9. The lowest BCUT2D eigenvalue weighted by molar-refractivity contribution is -0.161. The fourth-order valence-electron chi connectivity index (χ4n) is 12.4. The van der Waals surface area contributed by atoms with Gasteiger partial charge in [-0.3, -0.25) is 37.3 Å². The molecular weight excluding hydrogens is 1290 g/mol. The van der Waals surface area contributed by atoms with E-state index in [0.29, 0.717) is 25.7 Å². The second kappa shape index (κ2) is 71.7. The van der Waals surface area contributed by atoms with E-state index in [1.807, 2.05) is 0 Å². The first kappa shape index (κ1) is 97.1. The highest BCUT2D eigenvalue weighted by molar-refractivity contribution is 7.47. The smallest absolute Gasteiger partial charge is 0.462 e. The lowest BCUT2D eigenvalue weighted by Gasteiger charge is -2.21. The minimum Gasteiger partial charge on any atom is -0.462 e.